The van der Waals surface area contributed by atoms with Crippen LogP contribution in [0, 0.1) is 11.3 Å². The Morgan fingerprint density at radius 1 is 1.53 bits per heavy atom. The van der Waals surface area contributed by atoms with Gasteiger partial charge in [-0.3, -0.25) is 4.79 Å². The van der Waals surface area contributed by atoms with Crippen LogP contribution in [0.25, 0.3) is 0 Å². The molecule has 0 unspecified atom stereocenters. The van der Waals surface area contributed by atoms with E-state index in [1.807, 2.05) is 6.07 Å². The van der Waals surface area contributed by atoms with Crippen molar-refractivity contribution in [2.75, 3.05) is 6.54 Å². The number of hydrogen-bond acceptors (Lipinski definition) is 6. The molecule has 19 heavy (non-hydrogen) atoms. The SMILES string of the molecule is N#Cc1ccc(S(=O)(=O)N2C[C@@H](O)C[C@H]2C(=O)O)s1. The first-order valence-corrected chi connectivity index (χ1v) is 7.54. The van der Waals surface area contributed by atoms with Gasteiger partial charge in [0.05, 0.1) is 6.10 Å². The highest BCUT2D eigenvalue weighted by Gasteiger charge is 2.44. The fourth-order valence-corrected chi connectivity index (χ4v) is 4.77. The summed E-state index contributed by atoms with van der Waals surface area (Å²) < 4.78 is 25.2. The summed E-state index contributed by atoms with van der Waals surface area (Å²) in [6.07, 6.45) is -1.13. The van der Waals surface area contributed by atoms with E-state index < -0.39 is 28.1 Å². The number of thiophene rings is 1. The molecule has 9 heteroatoms. The number of carbonyl (C=O) groups is 1. The molecule has 1 aromatic heterocycles. The Kier molecular flexibility index (Phi) is 3.60. The van der Waals surface area contributed by atoms with E-state index in [4.69, 9.17) is 10.4 Å². The highest BCUT2D eigenvalue weighted by Crippen LogP contribution is 2.30. The molecule has 1 saturated heterocycles. The molecule has 2 atom stereocenters. The summed E-state index contributed by atoms with van der Waals surface area (Å²) in [6.45, 7) is -0.251. The van der Waals surface area contributed by atoms with E-state index in [1.54, 1.807) is 0 Å². The minimum atomic E-state index is -4.00. The third-order valence-corrected chi connectivity index (χ3v) is 6.11. The van der Waals surface area contributed by atoms with Crippen LogP contribution in [0.1, 0.15) is 11.3 Å². The van der Waals surface area contributed by atoms with Gasteiger partial charge in [-0.25, -0.2) is 8.42 Å². The minimum absolute atomic E-state index is 0.0931. The van der Waals surface area contributed by atoms with Gasteiger partial charge in [0, 0.05) is 13.0 Å². The number of nitrogens with zero attached hydrogens (tertiary/aromatic N) is 2. The van der Waals surface area contributed by atoms with E-state index in [2.05, 4.69) is 0 Å². The Hall–Kier alpha value is -1.47. The summed E-state index contributed by atoms with van der Waals surface area (Å²) in [6, 6.07) is 3.18. The van der Waals surface area contributed by atoms with Crippen molar-refractivity contribution in [3.8, 4) is 6.07 Å². The van der Waals surface area contributed by atoms with Crippen LogP contribution in [-0.2, 0) is 14.8 Å². The second-order valence-electron chi connectivity index (χ2n) is 4.05. The van der Waals surface area contributed by atoms with Gasteiger partial charge in [-0.05, 0) is 12.1 Å². The average Bonchev–Trinajstić information content (AvgIpc) is 2.94. The van der Waals surface area contributed by atoms with Gasteiger partial charge in [-0.2, -0.15) is 9.57 Å². The molecule has 2 rings (SSSR count). The third kappa shape index (κ3) is 2.48. The molecule has 2 N–H and O–H groups in total. The molecule has 0 spiro atoms. The molecule has 0 amide bonds. The normalized spacial score (nSPS) is 24.2. The Morgan fingerprint density at radius 2 is 2.21 bits per heavy atom. The van der Waals surface area contributed by atoms with Crippen LogP contribution < -0.4 is 0 Å². The molecule has 1 aliphatic rings. The largest absolute Gasteiger partial charge is 0.480 e. The topological polar surface area (TPSA) is 119 Å². The Labute approximate surface area is 113 Å². The van der Waals surface area contributed by atoms with Crippen LogP contribution in [0.3, 0.4) is 0 Å². The fraction of sp³-hybridized carbons (Fsp3) is 0.400. The van der Waals surface area contributed by atoms with E-state index in [1.165, 1.54) is 12.1 Å². The van der Waals surface area contributed by atoms with Gasteiger partial charge >= 0.3 is 5.97 Å². The summed E-state index contributed by atoms with van der Waals surface area (Å²) in [5.41, 5.74) is 0. The van der Waals surface area contributed by atoms with Crippen molar-refractivity contribution < 1.29 is 23.4 Å². The van der Waals surface area contributed by atoms with Crippen LogP contribution >= 0.6 is 11.3 Å². The number of rotatable bonds is 3. The minimum Gasteiger partial charge on any atom is -0.480 e. The quantitative estimate of drug-likeness (QED) is 0.800. The molecular weight excluding hydrogens is 292 g/mol. The molecule has 0 aromatic carbocycles. The maximum Gasteiger partial charge on any atom is 0.322 e. The second-order valence-corrected chi connectivity index (χ2v) is 7.25. The van der Waals surface area contributed by atoms with E-state index >= 15 is 0 Å². The summed E-state index contributed by atoms with van der Waals surface area (Å²) in [5.74, 6) is -1.29. The monoisotopic (exact) mass is 302 g/mol. The fourth-order valence-electron chi connectivity index (χ4n) is 1.91. The number of aliphatic carboxylic acids is 1. The lowest BCUT2D eigenvalue weighted by atomic mass is 10.2. The lowest BCUT2D eigenvalue weighted by Crippen LogP contribution is -2.40. The van der Waals surface area contributed by atoms with Gasteiger partial charge in [0.2, 0.25) is 0 Å². The van der Waals surface area contributed by atoms with Crippen LogP contribution in [-0.4, -0.2) is 47.6 Å². The standard InChI is InChI=1S/C10H10N2O5S2/c11-4-7-1-2-9(18-7)19(16,17)12-5-6(13)3-8(12)10(14)15/h1-2,6,8,13H,3,5H2,(H,14,15)/t6-,8-/m0/s1. The molecule has 0 bridgehead atoms. The smallest absolute Gasteiger partial charge is 0.322 e. The molecule has 0 saturated carbocycles. The number of aliphatic hydroxyl groups is 1. The number of carboxylic acids is 1. The number of hydrogen-bond donors (Lipinski definition) is 2. The van der Waals surface area contributed by atoms with Gasteiger partial charge in [0.1, 0.15) is 21.2 Å². The van der Waals surface area contributed by atoms with Crippen LogP contribution in [0.15, 0.2) is 16.3 Å². The van der Waals surface area contributed by atoms with Crippen molar-refractivity contribution in [3.63, 3.8) is 0 Å². The van der Waals surface area contributed by atoms with Gasteiger partial charge in [0.15, 0.2) is 0 Å². The molecule has 1 aliphatic heterocycles. The number of nitriles is 1. The van der Waals surface area contributed by atoms with Crippen LogP contribution in [0.2, 0.25) is 0 Å². The van der Waals surface area contributed by atoms with Gasteiger partial charge in [-0.15, -0.1) is 11.3 Å². The maximum atomic E-state index is 12.3. The number of sulfonamides is 1. The number of aliphatic hydroxyl groups excluding tert-OH is 1. The van der Waals surface area contributed by atoms with E-state index in [9.17, 15) is 18.3 Å². The van der Waals surface area contributed by atoms with Gasteiger partial charge in [0.25, 0.3) is 10.0 Å². The zero-order chi connectivity index (χ0) is 14.2. The Bertz CT molecular complexity index is 645. The van der Waals surface area contributed by atoms with E-state index in [0.717, 1.165) is 15.6 Å². The molecule has 0 radical (unpaired) electrons. The predicted octanol–water partition coefficient (Wildman–Crippen LogP) is -0.172. The van der Waals surface area contributed by atoms with E-state index in [0.29, 0.717) is 0 Å². The molecule has 0 aliphatic carbocycles. The summed E-state index contributed by atoms with van der Waals surface area (Å²) >= 11 is 0.776. The van der Waals surface area contributed by atoms with Crippen molar-refractivity contribution in [2.24, 2.45) is 0 Å². The highest BCUT2D eigenvalue weighted by molar-refractivity contribution is 7.91. The van der Waals surface area contributed by atoms with Crippen LogP contribution in [0.4, 0.5) is 0 Å². The zero-order valence-corrected chi connectivity index (χ0v) is 11.2. The number of β-amino-alcohol motifs (C(OH)–C–C–N with tert-alkyl or cyclic N) is 1. The predicted molar refractivity (Wildman–Crippen MR) is 65.0 cm³/mol. The Morgan fingerprint density at radius 3 is 2.74 bits per heavy atom. The molecule has 2 heterocycles. The van der Waals surface area contributed by atoms with Crippen LogP contribution in [0.5, 0.6) is 0 Å². The van der Waals surface area contributed by atoms with Crippen molar-refractivity contribution in [3.05, 3.63) is 17.0 Å². The van der Waals surface area contributed by atoms with Crippen molar-refractivity contribution in [2.45, 2.75) is 22.8 Å². The summed E-state index contributed by atoms with van der Waals surface area (Å²) in [4.78, 5) is 11.3. The molecular formula is C10H10N2O5S2. The van der Waals surface area contributed by atoms with Crippen molar-refractivity contribution in [1.29, 1.82) is 5.26 Å². The highest BCUT2D eigenvalue weighted by atomic mass is 32.2. The van der Waals surface area contributed by atoms with Crippen molar-refractivity contribution in [1.82, 2.24) is 4.31 Å². The summed E-state index contributed by atoms with van der Waals surface area (Å²) in [5, 5.41) is 27.1. The first-order chi connectivity index (χ1) is 8.86. The average molecular weight is 302 g/mol. The zero-order valence-electron chi connectivity index (χ0n) is 9.55. The van der Waals surface area contributed by atoms with E-state index in [-0.39, 0.29) is 22.1 Å². The molecule has 1 aromatic rings. The molecule has 7 nitrogen and oxygen atoms in total. The second kappa shape index (κ2) is 4.90. The van der Waals surface area contributed by atoms with Crippen molar-refractivity contribution >= 4 is 27.3 Å². The first-order valence-electron chi connectivity index (χ1n) is 5.29. The summed E-state index contributed by atoms with van der Waals surface area (Å²) in [7, 11) is -4.00. The number of carboxylic acid groups (broad SMARTS) is 1. The third-order valence-electron chi connectivity index (χ3n) is 2.77. The van der Waals surface area contributed by atoms with Gasteiger partial charge < -0.3 is 10.2 Å². The lowest BCUT2D eigenvalue weighted by Gasteiger charge is -2.19. The lowest BCUT2D eigenvalue weighted by molar-refractivity contribution is -0.140. The molecule has 1 fully saturated rings. The molecule has 102 valence electrons. The first kappa shape index (κ1) is 14.0. The maximum absolute atomic E-state index is 12.3. The van der Waals surface area contributed by atoms with Gasteiger partial charge in [-0.1, -0.05) is 0 Å². The Balaban J connectivity index is 2.39.